The first-order chi connectivity index (χ1) is 16.3. The summed E-state index contributed by atoms with van der Waals surface area (Å²) in [4.78, 5) is 48.2. The summed E-state index contributed by atoms with van der Waals surface area (Å²) in [5.41, 5.74) is 6.50. The molecule has 0 bridgehead atoms. The summed E-state index contributed by atoms with van der Waals surface area (Å²) < 4.78 is 1.66. The van der Waals surface area contributed by atoms with Gasteiger partial charge in [-0.15, -0.1) is 23.1 Å². The zero-order valence-corrected chi connectivity index (χ0v) is 20.3. The highest BCUT2D eigenvalue weighted by atomic mass is 32.2. The minimum atomic E-state index is -1.21. The van der Waals surface area contributed by atoms with Crippen molar-refractivity contribution in [2.24, 2.45) is 12.2 Å². The molecular formula is C19H19N7O5S3. The van der Waals surface area contributed by atoms with Gasteiger partial charge in [0.2, 0.25) is 0 Å². The fourth-order valence-corrected chi connectivity index (χ4v) is 6.21. The Kier molecular flexibility index (Phi) is 6.95. The van der Waals surface area contributed by atoms with Crippen LogP contribution in [0.15, 0.2) is 38.9 Å². The molecule has 0 saturated carbocycles. The number of nitrogens with zero attached hydrogens (tertiary/aromatic N) is 5. The summed E-state index contributed by atoms with van der Waals surface area (Å²) in [6, 6.07) is -0.914. The second-order valence-corrected chi connectivity index (χ2v) is 9.99. The maximum atomic E-state index is 12.9. The summed E-state index contributed by atoms with van der Waals surface area (Å²) in [6.45, 7) is 0. The zero-order chi connectivity index (χ0) is 24.4. The van der Waals surface area contributed by atoms with Gasteiger partial charge in [-0.05, 0) is 11.5 Å². The van der Waals surface area contributed by atoms with E-state index >= 15 is 0 Å². The molecule has 0 aliphatic carbocycles. The van der Waals surface area contributed by atoms with Gasteiger partial charge in [0.05, 0.1) is 6.20 Å². The number of carbonyl (C=O) groups is 3. The molecule has 0 spiro atoms. The first-order valence-corrected chi connectivity index (χ1v) is 12.5. The topological polar surface area (TPSA) is 165 Å². The molecule has 12 nitrogen and oxygen atoms in total. The van der Waals surface area contributed by atoms with Crippen LogP contribution in [0.25, 0.3) is 6.08 Å². The number of fused-ring (bicyclic) bond motifs is 1. The SMILES string of the molecule is CO/N=C(\C(=O)N[C@@H]1C(=O)N2C(C(=O)O)=C(S/C=C\c3cnn(C)c3)CS[C@H]12)c1csc(N)n1. The minimum Gasteiger partial charge on any atom is -0.477 e. The van der Waals surface area contributed by atoms with Gasteiger partial charge in [0.25, 0.3) is 11.8 Å². The van der Waals surface area contributed by atoms with Crippen LogP contribution in [0.2, 0.25) is 0 Å². The summed E-state index contributed by atoms with van der Waals surface area (Å²) in [5.74, 6) is -2.04. The molecule has 4 N–H and O–H groups in total. The number of aromatic nitrogens is 3. The summed E-state index contributed by atoms with van der Waals surface area (Å²) in [7, 11) is 3.08. The van der Waals surface area contributed by atoms with E-state index in [1.165, 1.54) is 35.5 Å². The predicted molar refractivity (Wildman–Crippen MR) is 130 cm³/mol. The highest BCUT2D eigenvalue weighted by Gasteiger charge is 2.54. The number of carbonyl (C=O) groups excluding carboxylic acids is 2. The van der Waals surface area contributed by atoms with E-state index in [2.05, 4.69) is 20.6 Å². The van der Waals surface area contributed by atoms with E-state index in [1.54, 1.807) is 28.7 Å². The average molecular weight is 522 g/mol. The van der Waals surface area contributed by atoms with E-state index in [0.29, 0.717) is 10.7 Å². The van der Waals surface area contributed by atoms with Crippen molar-refractivity contribution in [3.05, 3.63) is 45.0 Å². The molecule has 2 aromatic rings. The van der Waals surface area contributed by atoms with Gasteiger partial charge < -0.3 is 21.0 Å². The van der Waals surface area contributed by atoms with Crippen molar-refractivity contribution in [1.29, 1.82) is 0 Å². The van der Waals surface area contributed by atoms with Gasteiger partial charge in [-0.2, -0.15) is 5.10 Å². The third kappa shape index (κ3) is 4.67. The van der Waals surface area contributed by atoms with Crippen LogP contribution in [0.1, 0.15) is 11.3 Å². The van der Waals surface area contributed by atoms with E-state index in [1.807, 2.05) is 12.3 Å². The number of oxime groups is 1. The van der Waals surface area contributed by atoms with Crippen molar-refractivity contribution >= 4 is 69.6 Å². The first-order valence-electron chi connectivity index (χ1n) is 9.66. The number of hydrogen-bond donors (Lipinski definition) is 3. The molecule has 1 fully saturated rings. The van der Waals surface area contributed by atoms with Crippen molar-refractivity contribution in [3.8, 4) is 0 Å². The molecule has 0 unspecified atom stereocenters. The number of carboxylic acid groups (broad SMARTS) is 1. The number of nitrogens with two attached hydrogens (primary N) is 1. The van der Waals surface area contributed by atoms with Crippen LogP contribution in [0, 0.1) is 0 Å². The van der Waals surface area contributed by atoms with Gasteiger partial charge >= 0.3 is 5.97 Å². The van der Waals surface area contributed by atoms with Crippen LogP contribution in [0.4, 0.5) is 5.13 Å². The van der Waals surface area contributed by atoms with Crippen molar-refractivity contribution in [1.82, 2.24) is 25.0 Å². The molecule has 2 aliphatic heterocycles. The molecule has 2 aliphatic rings. The lowest BCUT2D eigenvalue weighted by atomic mass is 10.0. The van der Waals surface area contributed by atoms with Crippen LogP contribution in [0.3, 0.4) is 0 Å². The van der Waals surface area contributed by atoms with Crippen LogP contribution < -0.4 is 11.1 Å². The van der Waals surface area contributed by atoms with Crippen molar-refractivity contribution < 1.29 is 24.3 Å². The third-order valence-electron chi connectivity index (χ3n) is 4.78. The van der Waals surface area contributed by atoms with Gasteiger partial charge in [0, 0.05) is 34.8 Å². The highest BCUT2D eigenvalue weighted by Crippen LogP contribution is 2.43. The molecule has 2 atom stereocenters. The molecule has 0 radical (unpaired) electrons. The lowest BCUT2D eigenvalue weighted by molar-refractivity contribution is -0.150. The normalized spacial score (nSPS) is 20.4. The van der Waals surface area contributed by atoms with Gasteiger partial charge in [0.1, 0.15) is 29.9 Å². The lowest BCUT2D eigenvalue weighted by Gasteiger charge is -2.49. The number of hydrogen-bond acceptors (Lipinski definition) is 11. The Hall–Kier alpha value is -3.30. The summed E-state index contributed by atoms with van der Waals surface area (Å²) >= 11 is 3.73. The zero-order valence-electron chi connectivity index (χ0n) is 17.9. The van der Waals surface area contributed by atoms with Crippen molar-refractivity contribution in [2.45, 2.75) is 11.4 Å². The largest absolute Gasteiger partial charge is 0.477 e. The second-order valence-electron chi connectivity index (χ2n) is 7.00. The fraction of sp³-hybridized carbons (Fsp3) is 0.263. The number of aryl methyl sites for hydroxylation is 1. The number of β-lactam (4-membered cyclic amide) rings is 1. The molecule has 15 heteroatoms. The number of nitrogens with one attached hydrogen (secondary N) is 1. The second kappa shape index (κ2) is 9.90. The number of carboxylic acids is 1. The Morgan fingerprint density at radius 2 is 2.26 bits per heavy atom. The fourth-order valence-electron chi connectivity index (χ4n) is 3.30. The Bertz CT molecular complexity index is 1230. The van der Waals surface area contributed by atoms with Crippen molar-refractivity contribution in [2.75, 3.05) is 18.6 Å². The standard InChI is InChI=1S/C19H19N7O5S3/c1-25-6-9(5-21-25)3-4-32-11-8-33-17-13(16(28)26(17)14(11)18(29)30)23-15(27)12(24-31-2)10-7-34-19(20)22-10/h3-7,13,17H,8H2,1-2H3,(H2,20,22)(H,23,27)(H,29,30)/b4-3-,24-12-/t13-,17-/m1/s1. The number of thiazole rings is 1. The highest BCUT2D eigenvalue weighted by molar-refractivity contribution is 8.08. The number of thioether (sulfide) groups is 2. The Labute approximate surface area is 205 Å². The van der Waals surface area contributed by atoms with Gasteiger partial charge in [0.15, 0.2) is 10.8 Å². The molecular weight excluding hydrogens is 502 g/mol. The number of anilines is 1. The third-order valence-corrected chi connectivity index (χ3v) is 7.81. The maximum absolute atomic E-state index is 12.9. The molecule has 178 valence electrons. The number of aliphatic carboxylic acids is 1. The molecule has 0 aromatic carbocycles. The number of amides is 2. The lowest BCUT2D eigenvalue weighted by Crippen LogP contribution is -2.71. The quantitative estimate of drug-likeness (QED) is 0.258. The van der Waals surface area contributed by atoms with E-state index in [-0.39, 0.29) is 22.2 Å². The molecule has 2 amide bonds. The van der Waals surface area contributed by atoms with Crippen molar-refractivity contribution in [3.63, 3.8) is 0 Å². The van der Waals surface area contributed by atoms with Crippen LogP contribution in [-0.4, -0.2) is 72.5 Å². The smallest absolute Gasteiger partial charge is 0.353 e. The Balaban J connectivity index is 1.48. The Morgan fingerprint density at radius 1 is 1.47 bits per heavy atom. The van der Waals surface area contributed by atoms with Gasteiger partial charge in [-0.25, -0.2) is 9.78 Å². The average Bonchev–Trinajstić information content (AvgIpc) is 3.42. The number of nitrogen functional groups attached to an aromatic ring is 1. The summed E-state index contributed by atoms with van der Waals surface area (Å²) in [5, 5.41) is 23.2. The number of rotatable bonds is 8. The molecule has 2 aromatic heterocycles. The predicted octanol–water partition coefficient (Wildman–Crippen LogP) is 0.909. The van der Waals surface area contributed by atoms with E-state index < -0.39 is 29.2 Å². The molecule has 4 heterocycles. The molecule has 4 rings (SSSR count). The van der Waals surface area contributed by atoms with E-state index in [9.17, 15) is 19.5 Å². The van der Waals surface area contributed by atoms with Crippen LogP contribution >= 0.6 is 34.9 Å². The van der Waals surface area contributed by atoms with Gasteiger partial charge in [-0.1, -0.05) is 16.9 Å². The minimum absolute atomic E-state index is 0.0851. The monoisotopic (exact) mass is 521 g/mol. The van der Waals surface area contributed by atoms with E-state index in [4.69, 9.17) is 10.6 Å². The molecule has 34 heavy (non-hydrogen) atoms. The van der Waals surface area contributed by atoms with Crippen LogP contribution in [-0.2, 0) is 26.3 Å². The van der Waals surface area contributed by atoms with Crippen LogP contribution in [0.5, 0.6) is 0 Å². The molecule has 1 saturated heterocycles. The summed E-state index contributed by atoms with van der Waals surface area (Å²) in [6.07, 6.45) is 5.31. The van der Waals surface area contributed by atoms with E-state index in [0.717, 1.165) is 16.9 Å². The first kappa shape index (κ1) is 23.8. The van der Waals surface area contributed by atoms with Gasteiger partial charge in [-0.3, -0.25) is 19.2 Å². The maximum Gasteiger partial charge on any atom is 0.353 e. The Morgan fingerprint density at radius 3 is 2.88 bits per heavy atom.